The van der Waals surface area contributed by atoms with Crippen LogP contribution >= 0.6 is 0 Å². The lowest BCUT2D eigenvalue weighted by Crippen LogP contribution is -2.16. The largest absolute Gasteiger partial charge is 0.493 e. The van der Waals surface area contributed by atoms with E-state index >= 15 is 0 Å². The first-order valence-electron chi connectivity index (χ1n) is 9.48. The maximum Gasteiger partial charge on any atom is 0.185 e. The van der Waals surface area contributed by atoms with Gasteiger partial charge >= 0.3 is 0 Å². The lowest BCUT2D eigenvalue weighted by Gasteiger charge is -2.26. The third kappa shape index (κ3) is 4.83. The van der Waals surface area contributed by atoms with Crippen molar-refractivity contribution >= 4 is 17.5 Å². The molecule has 0 radical (unpaired) electrons. The van der Waals surface area contributed by atoms with Crippen LogP contribution < -0.4 is 15.2 Å². The van der Waals surface area contributed by atoms with Gasteiger partial charge in [-0.1, -0.05) is 26.0 Å². The number of carbonyl (C=O) groups excluding carboxylic acids is 1. The highest BCUT2D eigenvalue weighted by atomic mass is 16.5. The molecule has 0 aromatic heterocycles. The fourth-order valence-corrected chi connectivity index (χ4v) is 2.84. The molecule has 28 heavy (non-hydrogen) atoms. The van der Waals surface area contributed by atoms with Crippen LogP contribution in [0.1, 0.15) is 49.2 Å². The van der Waals surface area contributed by atoms with Gasteiger partial charge in [0.2, 0.25) is 0 Å². The van der Waals surface area contributed by atoms with Crippen LogP contribution in [0.5, 0.6) is 11.5 Å². The summed E-state index contributed by atoms with van der Waals surface area (Å²) in [6.07, 6.45) is 5.19. The van der Waals surface area contributed by atoms with Crippen molar-refractivity contribution in [1.29, 1.82) is 0 Å². The predicted molar refractivity (Wildman–Crippen MR) is 116 cm³/mol. The summed E-state index contributed by atoms with van der Waals surface area (Å²) in [4.78, 5) is 12.6. The number of carbonyl (C=O) groups is 1. The molecule has 0 amide bonds. The SMILES string of the molecule is C=CC(C)(C)c1ccc(OCC)c(/C=C/C(=O)c2ccc(N)cc2)c1OCC. The second-order valence-corrected chi connectivity index (χ2v) is 6.97. The highest BCUT2D eigenvalue weighted by Crippen LogP contribution is 2.40. The molecule has 2 aromatic rings. The van der Waals surface area contributed by atoms with E-state index in [0.717, 1.165) is 11.1 Å². The van der Waals surface area contributed by atoms with E-state index in [4.69, 9.17) is 15.2 Å². The number of ketones is 1. The minimum absolute atomic E-state index is 0.113. The van der Waals surface area contributed by atoms with Gasteiger partial charge in [0.05, 0.1) is 18.8 Å². The molecule has 0 aliphatic heterocycles. The smallest absolute Gasteiger partial charge is 0.185 e. The third-order valence-electron chi connectivity index (χ3n) is 4.55. The second kappa shape index (κ2) is 9.27. The maximum absolute atomic E-state index is 12.6. The van der Waals surface area contributed by atoms with Crippen LogP contribution in [0.3, 0.4) is 0 Å². The Hall–Kier alpha value is -3.01. The molecule has 0 fully saturated rings. The van der Waals surface area contributed by atoms with Crippen LogP contribution in [-0.4, -0.2) is 19.0 Å². The van der Waals surface area contributed by atoms with E-state index in [1.54, 1.807) is 30.3 Å². The zero-order chi connectivity index (χ0) is 20.7. The van der Waals surface area contributed by atoms with Crippen molar-refractivity contribution in [3.05, 3.63) is 71.8 Å². The molecule has 0 saturated carbocycles. The first kappa shape index (κ1) is 21.3. The Bertz CT molecular complexity index is 864. The van der Waals surface area contributed by atoms with Crippen molar-refractivity contribution in [2.24, 2.45) is 0 Å². The zero-order valence-electron chi connectivity index (χ0n) is 17.1. The molecule has 148 valence electrons. The molecular weight excluding hydrogens is 350 g/mol. The van der Waals surface area contributed by atoms with Gasteiger partial charge in [0.25, 0.3) is 0 Å². The Morgan fingerprint density at radius 2 is 1.71 bits per heavy atom. The van der Waals surface area contributed by atoms with Crippen LogP contribution in [0.25, 0.3) is 6.08 Å². The second-order valence-electron chi connectivity index (χ2n) is 6.97. The van der Waals surface area contributed by atoms with Gasteiger partial charge in [-0.3, -0.25) is 4.79 Å². The fourth-order valence-electron chi connectivity index (χ4n) is 2.84. The molecule has 0 heterocycles. The first-order chi connectivity index (χ1) is 13.3. The van der Waals surface area contributed by atoms with Crippen molar-refractivity contribution in [3.8, 4) is 11.5 Å². The first-order valence-corrected chi connectivity index (χ1v) is 9.48. The number of benzene rings is 2. The van der Waals surface area contributed by atoms with Crippen LogP contribution in [0.4, 0.5) is 5.69 Å². The molecule has 0 unspecified atom stereocenters. The molecule has 4 nitrogen and oxygen atoms in total. The minimum atomic E-state index is -0.293. The normalized spacial score (nSPS) is 11.4. The summed E-state index contributed by atoms with van der Waals surface area (Å²) >= 11 is 0. The lowest BCUT2D eigenvalue weighted by atomic mass is 9.83. The highest BCUT2D eigenvalue weighted by molar-refractivity contribution is 6.07. The molecule has 0 atom stereocenters. The highest BCUT2D eigenvalue weighted by Gasteiger charge is 2.24. The minimum Gasteiger partial charge on any atom is -0.493 e. The number of allylic oxidation sites excluding steroid dienone is 2. The summed E-state index contributed by atoms with van der Waals surface area (Å²) in [5.74, 6) is 1.27. The molecular formula is C24H29NO3. The van der Waals surface area contributed by atoms with Crippen molar-refractivity contribution in [3.63, 3.8) is 0 Å². The van der Waals surface area contributed by atoms with Gasteiger partial charge in [-0.15, -0.1) is 6.58 Å². The Labute approximate surface area is 167 Å². The van der Waals surface area contributed by atoms with Gasteiger partial charge < -0.3 is 15.2 Å². The summed E-state index contributed by atoms with van der Waals surface area (Å²) in [5, 5.41) is 0. The number of rotatable bonds is 9. The monoisotopic (exact) mass is 379 g/mol. The average Bonchev–Trinajstić information content (AvgIpc) is 2.68. The number of nitrogens with two attached hydrogens (primary N) is 1. The van der Waals surface area contributed by atoms with Gasteiger partial charge in [0, 0.05) is 22.2 Å². The van der Waals surface area contributed by atoms with Crippen molar-refractivity contribution < 1.29 is 14.3 Å². The Balaban J connectivity index is 2.54. The van der Waals surface area contributed by atoms with E-state index in [1.165, 1.54) is 6.08 Å². The van der Waals surface area contributed by atoms with E-state index in [2.05, 4.69) is 20.4 Å². The predicted octanol–water partition coefficient (Wildman–Crippen LogP) is 5.43. The van der Waals surface area contributed by atoms with Gasteiger partial charge in [0.15, 0.2) is 5.78 Å². The summed E-state index contributed by atoms with van der Waals surface area (Å²) < 4.78 is 11.8. The van der Waals surface area contributed by atoms with E-state index in [1.807, 2.05) is 32.1 Å². The van der Waals surface area contributed by atoms with Gasteiger partial charge in [-0.2, -0.15) is 0 Å². The van der Waals surface area contributed by atoms with Gasteiger partial charge in [-0.05, 0) is 56.3 Å². The van der Waals surface area contributed by atoms with Crippen molar-refractivity contribution in [2.75, 3.05) is 18.9 Å². The summed E-state index contributed by atoms with van der Waals surface area (Å²) in [6.45, 7) is 13.0. The van der Waals surface area contributed by atoms with E-state index in [0.29, 0.717) is 36.0 Å². The number of hydrogen-bond acceptors (Lipinski definition) is 4. The summed E-state index contributed by atoms with van der Waals surface area (Å²) in [7, 11) is 0. The molecule has 2 aromatic carbocycles. The lowest BCUT2D eigenvalue weighted by molar-refractivity contribution is 0.104. The van der Waals surface area contributed by atoms with Gasteiger partial charge in [0.1, 0.15) is 11.5 Å². The molecule has 2 rings (SSSR count). The standard InChI is InChI=1S/C24H29NO3/c1-6-24(4,5)20-14-16-22(27-7-2)19(23(20)28-8-3)13-15-21(26)17-9-11-18(25)12-10-17/h6,9-16H,1,7-8,25H2,2-5H3/b15-13+. The topological polar surface area (TPSA) is 61.5 Å². The quantitative estimate of drug-likeness (QED) is 0.273. The van der Waals surface area contributed by atoms with E-state index in [9.17, 15) is 4.79 Å². The molecule has 2 N–H and O–H groups in total. The van der Waals surface area contributed by atoms with Crippen LogP contribution in [0.15, 0.2) is 55.1 Å². The molecule has 0 spiro atoms. The Morgan fingerprint density at radius 1 is 1.07 bits per heavy atom. The summed E-state index contributed by atoms with van der Waals surface area (Å²) in [5.41, 5.74) is 8.34. The average molecular weight is 380 g/mol. The van der Waals surface area contributed by atoms with Crippen LogP contribution in [0.2, 0.25) is 0 Å². The van der Waals surface area contributed by atoms with Gasteiger partial charge in [-0.25, -0.2) is 0 Å². The van der Waals surface area contributed by atoms with Crippen molar-refractivity contribution in [2.45, 2.75) is 33.1 Å². The summed E-state index contributed by atoms with van der Waals surface area (Å²) in [6, 6.07) is 10.8. The third-order valence-corrected chi connectivity index (χ3v) is 4.55. The van der Waals surface area contributed by atoms with Crippen LogP contribution in [-0.2, 0) is 5.41 Å². The fraction of sp³-hybridized carbons (Fsp3) is 0.292. The van der Waals surface area contributed by atoms with E-state index in [-0.39, 0.29) is 11.2 Å². The maximum atomic E-state index is 12.6. The Kier molecular flexibility index (Phi) is 7.05. The molecule has 0 bridgehead atoms. The van der Waals surface area contributed by atoms with Crippen LogP contribution in [0, 0.1) is 0 Å². The van der Waals surface area contributed by atoms with E-state index < -0.39 is 0 Å². The zero-order valence-corrected chi connectivity index (χ0v) is 17.1. The molecule has 4 heteroatoms. The molecule has 0 aliphatic rings. The number of anilines is 1. The van der Waals surface area contributed by atoms with Crippen molar-refractivity contribution in [1.82, 2.24) is 0 Å². The number of ether oxygens (including phenoxy) is 2. The molecule has 0 aliphatic carbocycles. The Morgan fingerprint density at radius 3 is 2.29 bits per heavy atom. The number of hydrogen-bond donors (Lipinski definition) is 1. The number of nitrogen functional groups attached to an aromatic ring is 1. The molecule has 0 saturated heterocycles.